The second-order valence-electron chi connectivity index (χ2n) is 13.4. The first kappa shape index (κ1) is 51.2. The Hall–Kier alpha value is -3.83. The van der Waals surface area contributed by atoms with Gasteiger partial charge in [-0.15, -0.1) is 0 Å². The molecule has 2 atom stereocenters. The van der Waals surface area contributed by atoms with Crippen LogP contribution in [0.1, 0.15) is 82.1 Å². The maximum Gasteiger partial charge on any atom is 0.408 e. The number of carbonyl (C=O) groups is 4. The molecule has 2 aromatic heterocycles. The quantitative estimate of drug-likeness (QED) is 0.191. The lowest BCUT2D eigenvalue weighted by atomic mass is 10.2. The molecule has 2 aromatic rings. The topological polar surface area (TPSA) is 222 Å². The summed E-state index contributed by atoms with van der Waals surface area (Å²) in [5.74, 6) is 0.547. The van der Waals surface area contributed by atoms with Gasteiger partial charge in [0, 0.05) is 49.6 Å². The van der Waals surface area contributed by atoms with E-state index in [0.717, 1.165) is 26.4 Å². The van der Waals surface area contributed by atoms with Gasteiger partial charge in [-0.05, 0) is 106 Å². The lowest BCUT2D eigenvalue weighted by Gasteiger charge is -2.21. The second-order valence-corrected chi connectivity index (χ2v) is 14.7. The average Bonchev–Trinajstić information content (AvgIpc) is 3.60. The van der Waals surface area contributed by atoms with Gasteiger partial charge < -0.3 is 46.4 Å². The van der Waals surface area contributed by atoms with Crippen LogP contribution < -0.4 is 32.3 Å². The molecular formula is C36H59Cl3N8O8. The van der Waals surface area contributed by atoms with Crippen molar-refractivity contribution in [2.45, 2.75) is 105 Å². The van der Waals surface area contributed by atoms with Gasteiger partial charge in [-0.2, -0.15) is 0 Å². The smallest absolute Gasteiger partial charge is 0.408 e. The summed E-state index contributed by atoms with van der Waals surface area (Å²) < 4.78 is 19.8. The molecule has 0 unspecified atom stereocenters. The molecule has 0 bridgehead atoms. The van der Waals surface area contributed by atoms with Crippen molar-refractivity contribution in [1.29, 1.82) is 0 Å². The number of amides is 4. The van der Waals surface area contributed by atoms with E-state index in [9.17, 15) is 19.2 Å². The molecule has 0 aliphatic carbocycles. The minimum absolute atomic E-state index is 0.143. The summed E-state index contributed by atoms with van der Waals surface area (Å²) in [7, 11) is 0. The van der Waals surface area contributed by atoms with Crippen LogP contribution in [-0.2, 0) is 28.5 Å². The van der Waals surface area contributed by atoms with E-state index in [1.165, 1.54) is 23.1 Å². The van der Waals surface area contributed by atoms with Crippen LogP contribution in [0.25, 0.3) is 0 Å². The van der Waals surface area contributed by atoms with Crippen molar-refractivity contribution in [3.05, 3.63) is 39.5 Å². The Bertz CT molecular complexity index is 1410. The Morgan fingerprint density at radius 2 is 1.22 bits per heavy atom. The zero-order chi connectivity index (χ0) is 42.4. The molecule has 2 fully saturated rings. The first-order chi connectivity index (χ1) is 25.5. The molecule has 0 aromatic carbocycles. The lowest BCUT2D eigenvalue weighted by molar-refractivity contribution is -0.121. The van der Waals surface area contributed by atoms with Crippen LogP contribution in [0.15, 0.2) is 24.3 Å². The number of halogens is 3. The Kier molecular flexibility index (Phi) is 24.3. The molecule has 2 aliphatic rings. The predicted molar refractivity (Wildman–Crippen MR) is 218 cm³/mol. The summed E-state index contributed by atoms with van der Waals surface area (Å²) in [5.41, 5.74) is 9.77. The van der Waals surface area contributed by atoms with E-state index in [1.807, 2.05) is 27.7 Å². The molecule has 16 nitrogen and oxygen atoms in total. The van der Waals surface area contributed by atoms with E-state index in [-0.39, 0.29) is 17.6 Å². The number of anilines is 3. The molecule has 312 valence electrons. The third-order valence-corrected chi connectivity index (χ3v) is 6.93. The molecule has 4 rings (SSSR count). The van der Waals surface area contributed by atoms with Gasteiger partial charge in [-0.3, -0.25) is 14.5 Å². The minimum Gasteiger partial charge on any atom is -0.444 e. The van der Waals surface area contributed by atoms with Gasteiger partial charge in [0.1, 0.15) is 45.9 Å². The summed E-state index contributed by atoms with van der Waals surface area (Å²) in [4.78, 5) is 55.7. The first-order valence-electron chi connectivity index (χ1n) is 17.8. The summed E-state index contributed by atoms with van der Waals surface area (Å²) in [6, 6.07) is 5.04. The number of rotatable bonds is 7. The fourth-order valence-electron chi connectivity index (χ4n) is 4.21. The van der Waals surface area contributed by atoms with Gasteiger partial charge in [0.15, 0.2) is 0 Å². The molecule has 0 spiro atoms. The van der Waals surface area contributed by atoms with E-state index in [1.54, 1.807) is 47.6 Å². The Morgan fingerprint density at radius 3 is 1.58 bits per heavy atom. The van der Waals surface area contributed by atoms with Crippen LogP contribution in [0, 0.1) is 0 Å². The molecule has 19 heteroatoms. The molecule has 2 saturated heterocycles. The third-order valence-electron chi connectivity index (χ3n) is 6.30. The molecule has 55 heavy (non-hydrogen) atoms. The lowest BCUT2D eigenvalue weighted by Crippen LogP contribution is -2.44. The fraction of sp³-hybridized carbons (Fsp3) is 0.611. The Labute approximate surface area is 340 Å². The van der Waals surface area contributed by atoms with Crippen LogP contribution >= 0.6 is 34.8 Å². The summed E-state index contributed by atoms with van der Waals surface area (Å²) in [5, 5.41) is 8.94. The largest absolute Gasteiger partial charge is 0.444 e. The molecule has 0 radical (unpaired) electrons. The first-order valence-corrected chi connectivity index (χ1v) is 18.9. The molecular weight excluding hydrogens is 779 g/mol. The molecule has 4 amide bonds. The number of pyridine rings is 2. The van der Waals surface area contributed by atoms with E-state index < -0.39 is 35.5 Å². The van der Waals surface area contributed by atoms with Gasteiger partial charge in [0.2, 0.25) is 5.91 Å². The van der Waals surface area contributed by atoms with Crippen molar-refractivity contribution in [2.75, 3.05) is 55.9 Å². The standard InChI is InChI=1S/C14H19ClN4O3.C9H16N2O3.C5H4Cl2N2.2C4H10O/c1-14(2,3)22-13(21)17-9-4-5-19(12(9)20)11-7-8(15)6-10(16)18-11;1-9(2,3)14-8(13)11-6-4-5-10-7(6)12;6-3-1-4(7)9-5(8)2-3;2*1-3-5-4-2/h6-7,9H,4-5H2,1-3H3,(H2,16,18)(H,17,21);6H,4-5H2,1-3H3,(H,10,12)(H,11,13);1-2H,(H2,8,9);2*3-4H2,1-2H3/t9-;6-;;;/m00.../s1. The zero-order valence-electron chi connectivity index (χ0n) is 33.5. The maximum absolute atomic E-state index is 12.4. The number of nitrogens with one attached hydrogen (secondary N) is 3. The van der Waals surface area contributed by atoms with Crippen LogP contribution in [0.2, 0.25) is 15.2 Å². The highest BCUT2D eigenvalue weighted by Crippen LogP contribution is 2.24. The summed E-state index contributed by atoms with van der Waals surface area (Å²) >= 11 is 16.9. The van der Waals surface area contributed by atoms with Crippen molar-refractivity contribution in [1.82, 2.24) is 25.9 Å². The molecule has 4 heterocycles. The van der Waals surface area contributed by atoms with Crippen molar-refractivity contribution in [3.63, 3.8) is 0 Å². The highest BCUT2D eigenvalue weighted by Gasteiger charge is 2.35. The monoisotopic (exact) mass is 836 g/mol. The highest BCUT2D eigenvalue weighted by molar-refractivity contribution is 6.34. The minimum atomic E-state index is -0.642. The van der Waals surface area contributed by atoms with Gasteiger partial charge in [0.25, 0.3) is 5.91 Å². The summed E-state index contributed by atoms with van der Waals surface area (Å²) in [6.45, 7) is 23.0. The van der Waals surface area contributed by atoms with Crippen LogP contribution in [-0.4, -0.2) is 96.8 Å². The SMILES string of the molecule is CC(C)(C)OC(=O)N[C@H]1CCN(c2cc(Cl)cc(N)n2)C1=O.CC(C)(C)OC(=O)N[C@H]1CCNC1=O.CCOCC.CCOCC.Nc1cc(Cl)cc(Cl)n1. The van der Waals surface area contributed by atoms with Crippen LogP contribution in [0.5, 0.6) is 0 Å². The fourth-order valence-corrected chi connectivity index (χ4v) is 4.90. The van der Waals surface area contributed by atoms with Gasteiger partial charge >= 0.3 is 12.2 Å². The molecule has 2 aliphatic heterocycles. The Morgan fingerprint density at radius 1 is 0.764 bits per heavy atom. The summed E-state index contributed by atoms with van der Waals surface area (Å²) in [6.07, 6.45) is -0.0737. The second kappa shape index (κ2) is 26.1. The van der Waals surface area contributed by atoms with Crippen molar-refractivity contribution in [3.8, 4) is 0 Å². The number of nitrogens with zero attached hydrogens (tertiary/aromatic N) is 3. The van der Waals surface area contributed by atoms with Crippen LogP contribution in [0.3, 0.4) is 0 Å². The van der Waals surface area contributed by atoms with Gasteiger partial charge in [-0.25, -0.2) is 19.6 Å². The highest BCUT2D eigenvalue weighted by atomic mass is 35.5. The third kappa shape index (κ3) is 24.3. The van der Waals surface area contributed by atoms with E-state index in [4.69, 9.17) is 65.2 Å². The number of nitrogens with two attached hydrogens (primary N) is 2. The number of ether oxygens (including phenoxy) is 4. The molecule has 7 N–H and O–H groups in total. The van der Waals surface area contributed by atoms with E-state index in [2.05, 4.69) is 25.9 Å². The van der Waals surface area contributed by atoms with Gasteiger partial charge in [-0.1, -0.05) is 34.8 Å². The number of hydrogen-bond donors (Lipinski definition) is 5. The van der Waals surface area contributed by atoms with Crippen molar-refractivity contribution < 1.29 is 38.1 Å². The average molecular weight is 838 g/mol. The predicted octanol–water partition coefficient (Wildman–Crippen LogP) is 6.40. The van der Waals surface area contributed by atoms with E-state index >= 15 is 0 Å². The van der Waals surface area contributed by atoms with Crippen molar-refractivity contribution in [2.24, 2.45) is 0 Å². The van der Waals surface area contributed by atoms with E-state index in [0.29, 0.717) is 52.8 Å². The number of nitrogen functional groups attached to an aromatic ring is 2. The molecule has 0 saturated carbocycles. The maximum atomic E-state index is 12.4. The van der Waals surface area contributed by atoms with Crippen LogP contribution in [0.4, 0.5) is 27.0 Å². The Balaban J connectivity index is 0.000000753. The number of hydrogen-bond acceptors (Lipinski definition) is 12. The van der Waals surface area contributed by atoms with Gasteiger partial charge in [0.05, 0.1) is 0 Å². The number of carbonyl (C=O) groups excluding carboxylic acids is 4. The number of alkyl carbamates (subject to hydrolysis) is 2. The zero-order valence-corrected chi connectivity index (χ0v) is 35.8. The normalized spacial score (nSPS) is 16.0. The number of aromatic nitrogens is 2. The van der Waals surface area contributed by atoms with Crippen molar-refractivity contribution >= 4 is 76.3 Å².